The first-order valence-electron chi connectivity index (χ1n) is 9.04. The van der Waals surface area contributed by atoms with Gasteiger partial charge in [0.25, 0.3) is 0 Å². The summed E-state index contributed by atoms with van der Waals surface area (Å²) in [4.78, 5) is 13.4. The number of rotatable bonds is 10. The molecular formula is C21H27NO4S. The molecule has 0 aliphatic carbocycles. The van der Waals surface area contributed by atoms with E-state index in [4.69, 9.17) is 14.2 Å². The van der Waals surface area contributed by atoms with E-state index in [1.54, 1.807) is 7.11 Å². The fourth-order valence-electron chi connectivity index (χ4n) is 2.45. The molecule has 0 unspecified atom stereocenters. The third-order valence-electron chi connectivity index (χ3n) is 3.82. The molecule has 1 N–H and O–H groups in total. The van der Waals surface area contributed by atoms with Crippen molar-refractivity contribution in [2.75, 3.05) is 20.3 Å². The maximum atomic E-state index is 12.4. The van der Waals surface area contributed by atoms with Crippen molar-refractivity contribution < 1.29 is 19.0 Å². The first-order chi connectivity index (χ1) is 13.1. The molecule has 0 spiro atoms. The van der Waals surface area contributed by atoms with Crippen LogP contribution >= 0.6 is 11.8 Å². The van der Waals surface area contributed by atoms with Crippen molar-refractivity contribution in [3.63, 3.8) is 0 Å². The number of hydrogen-bond acceptors (Lipinski definition) is 5. The van der Waals surface area contributed by atoms with E-state index in [1.165, 1.54) is 11.8 Å². The van der Waals surface area contributed by atoms with Gasteiger partial charge in [-0.1, -0.05) is 6.07 Å². The molecule has 0 fully saturated rings. The number of nitrogens with one attached hydrogen (secondary N) is 1. The van der Waals surface area contributed by atoms with Crippen LogP contribution in [-0.2, 0) is 11.3 Å². The minimum absolute atomic E-state index is 0.0114. The summed E-state index contributed by atoms with van der Waals surface area (Å²) in [7, 11) is 1.64. The number of benzene rings is 2. The molecule has 146 valence electrons. The van der Waals surface area contributed by atoms with Crippen molar-refractivity contribution in [1.82, 2.24) is 5.32 Å². The second-order valence-corrected chi connectivity index (χ2v) is 7.21. The van der Waals surface area contributed by atoms with Crippen molar-refractivity contribution in [3.8, 4) is 17.2 Å². The van der Waals surface area contributed by atoms with Crippen molar-refractivity contribution in [1.29, 1.82) is 0 Å². The van der Waals surface area contributed by atoms with E-state index in [0.29, 0.717) is 25.5 Å². The van der Waals surface area contributed by atoms with Gasteiger partial charge in [0.15, 0.2) is 11.5 Å². The number of hydrogen-bond donors (Lipinski definition) is 1. The van der Waals surface area contributed by atoms with Crippen LogP contribution in [0.2, 0.25) is 0 Å². The average Bonchev–Trinajstić information content (AvgIpc) is 2.68. The van der Waals surface area contributed by atoms with E-state index in [0.717, 1.165) is 22.0 Å². The molecule has 2 aromatic rings. The van der Waals surface area contributed by atoms with Gasteiger partial charge in [-0.25, -0.2) is 0 Å². The normalized spacial score (nSPS) is 11.6. The van der Waals surface area contributed by atoms with Gasteiger partial charge >= 0.3 is 0 Å². The molecule has 2 rings (SSSR count). The summed E-state index contributed by atoms with van der Waals surface area (Å²) in [6.07, 6.45) is 0. The molecule has 0 aliphatic heterocycles. The molecule has 0 bridgehead atoms. The van der Waals surface area contributed by atoms with Crippen LogP contribution in [0.1, 0.15) is 26.3 Å². The number of thioether (sulfide) groups is 1. The van der Waals surface area contributed by atoms with E-state index in [2.05, 4.69) is 5.32 Å². The van der Waals surface area contributed by atoms with E-state index in [-0.39, 0.29) is 11.2 Å². The molecule has 6 heteroatoms. The molecule has 1 atom stereocenters. The molecule has 5 nitrogen and oxygen atoms in total. The molecule has 27 heavy (non-hydrogen) atoms. The predicted octanol–water partition coefficient (Wildman–Crippen LogP) is 4.29. The Morgan fingerprint density at radius 2 is 1.70 bits per heavy atom. The minimum Gasteiger partial charge on any atom is -0.497 e. The van der Waals surface area contributed by atoms with Crippen molar-refractivity contribution in [3.05, 3.63) is 48.0 Å². The van der Waals surface area contributed by atoms with Gasteiger partial charge in [0.2, 0.25) is 5.91 Å². The van der Waals surface area contributed by atoms with Gasteiger partial charge in [0.1, 0.15) is 5.75 Å². The van der Waals surface area contributed by atoms with Gasteiger partial charge in [-0.15, -0.1) is 11.8 Å². The number of amides is 1. The lowest BCUT2D eigenvalue weighted by Crippen LogP contribution is -2.30. The van der Waals surface area contributed by atoms with Gasteiger partial charge in [0.05, 0.1) is 25.6 Å². The van der Waals surface area contributed by atoms with Gasteiger partial charge in [-0.05, 0) is 62.7 Å². The zero-order chi connectivity index (χ0) is 19.6. The monoisotopic (exact) mass is 389 g/mol. The predicted molar refractivity (Wildman–Crippen MR) is 109 cm³/mol. The molecule has 0 aliphatic rings. The second kappa shape index (κ2) is 10.7. The summed E-state index contributed by atoms with van der Waals surface area (Å²) in [5.74, 6) is 2.21. The molecule has 0 heterocycles. The second-order valence-electron chi connectivity index (χ2n) is 5.80. The zero-order valence-corrected chi connectivity index (χ0v) is 17.1. The molecule has 1 amide bonds. The van der Waals surface area contributed by atoms with Crippen molar-refractivity contribution in [2.45, 2.75) is 37.5 Å². The summed E-state index contributed by atoms with van der Waals surface area (Å²) < 4.78 is 16.3. The Hall–Kier alpha value is -2.34. The molecule has 0 radical (unpaired) electrons. The van der Waals surface area contributed by atoms with Crippen LogP contribution in [0.15, 0.2) is 47.4 Å². The molecular weight excluding hydrogens is 362 g/mol. The quantitative estimate of drug-likeness (QED) is 0.614. The standard InChI is InChI=1S/C21H27NO4S/c1-5-25-19-12-7-16(13-20(19)26-6-2)14-22-21(23)15(3)27-18-10-8-17(24-4)9-11-18/h7-13,15H,5-6,14H2,1-4H3,(H,22,23)/t15-/m1/s1. The first kappa shape index (κ1) is 21.0. The number of methoxy groups -OCH3 is 1. The molecule has 0 saturated heterocycles. The Bertz CT molecular complexity index is 733. The maximum absolute atomic E-state index is 12.4. The van der Waals surface area contributed by atoms with Gasteiger partial charge in [-0.3, -0.25) is 4.79 Å². The highest BCUT2D eigenvalue weighted by atomic mass is 32.2. The third-order valence-corrected chi connectivity index (χ3v) is 4.93. The number of carbonyl (C=O) groups is 1. The van der Waals surface area contributed by atoms with Crippen LogP contribution in [0.25, 0.3) is 0 Å². The van der Waals surface area contributed by atoms with Crippen molar-refractivity contribution in [2.24, 2.45) is 0 Å². The van der Waals surface area contributed by atoms with Gasteiger partial charge in [0, 0.05) is 11.4 Å². The van der Waals surface area contributed by atoms with Crippen LogP contribution in [0, 0.1) is 0 Å². The highest BCUT2D eigenvalue weighted by Crippen LogP contribution is 2.29. The van der Waals surface area contributed by atoms with E-state index >= 15 is 0 Å². The summed E-state index contributed by atoms with van der Waals surface area (Å²) >= 11 is 1.51. The summed E-state index contributed by atoms with van der Waals surface area (Å²) in [6.45, 7) is 7.35. The fourth-order valence-corrected chi connectivity index (χ4v) is 3.34. The van der Waals surface area contributed by atoms with E-state index in [9.17, 15) is 4.79 Å². The lowest BCUT2D eigenvalue weighted by atomic mass is 10.2. The van der Waals surface area contributed by atoms with Gasteiger partial charge < -0.3 is 19.5 Å². The smallest absolute Gasteiger partial charge is 0.233 e. The Kier molecular flexibility index (Phi) is 8.33. The van der Waals surface area contributed by atoms with E-state index < -0.39 is 0 Å². The largest absolute Gasteiger partial charge is 0.497 e. The van der Waals surface area contributed by atoms with Crippen LogP contribution in [-0.4, -0.2) is 31.5 Å². The summed E-state index contributed by atoms with van der Waals surface area (Å²) in [5.41, 5.74) is 0.969. The average molecular weight is 390 g/mol. The molecule has 0 saturated carbocycles. The summed E-state index contributed by atoms with van der Waals surface area (Å²) in [6, 6.07) is 13.4. The highest BCUT2D eigenvalue weighted by molar-refractivity contribution is 8.00. The topological polar surface area (TPSA) is 56.8 Å². The van der Waals surface area contributed by atoms with Crippen molar-refractivity contribution >= 4 is 17.7 Å². The highest BCUT2D eigenvalue weighted by Gasteiger charge is 2.15. The van der Waals surface area contributed by atoms with Crippen LogP contribution in [0.3, 0.4) is 0 Å². The minimum atomic E-state index is -0.201. The Morgan fingerprint density at radius 3 is 2.33 bits per heavy atom. The Labute approximate surface area is 165 Å². The lowest BCUT2D eigenvalue weighted by molar-refractivity contribution is -0.120. The number of carbonyl (C=O) groups excluding carboxylic acids is 1. The van der Waals surface area contributed by atoms with E-state index in [1.807, 2.05) is 63.2 Å². The number of ether oxygens (including phenoxy) is 3. The Balaban J connectivity index is 1.92. The third kappa shape index (κ3) is 6.40. The summed E-state index contributed by atoms with van der Waals surface area (Å²) in [5, 5.41) is 2.78. The van der Waals surface area contributed by atoms with Gasteiger partial charge in [-0.2, -0.15) is 0 Å². The van der Waals surface area contributed by atoms with Crippen LogP contribution in [0.4, 0.5) is 0 Å². The lowest BCUT2D eigenvalue weighted by Gasteiger charge is -2.14. The zero-order valence-electron chi connectivity index (χ0n) is 16.3. The van der Waals surface area contributed by atoms with Crippen LogP contribution < -0.4 is 19.5 Å². The Morgan fingerprint density at radius 1 is 1.04 bits per heavy atom. The van der Waals surface area contributed by atoms with Crippen LogP contribution in [0.5, 0.6) is 17.2 Å². The molecule has 2 aromatic carbocycles. The maximum Gasteiger partial charge on any atom is 0.233 e. The SMILES string of the molecule is CCOc1ccc(CNC(=O)[C@@H](C)Sc2ccc(OC)cc2)cc1OCC. The molecule has 0 aromatic heterocycles. The first-order valence-corrected chi connectivity index (χ1v) is 9.92. The fraction of sp³-hybridized carbons (Fsp3) is 0.381.